The second-order valence-corrected chi connectivity index (χ2v) is 4.53. The maximum absolute atomic E-state index is 3.44. The van der Waals surface area contributed by atoms with Crippen molar-refractivity contribution in [2.24, 2.45) is 5.92 Å². The SMILES string of the molecule is CCC(C)N(CC)CCC1CCNC1. The average Bonchev–Trinajstić information content (AvgIpc) is 2.71. The van der Waals surface area contributed by atoms with Gasteiger partial charge in [0.15, 0.2) is 0 Å². The topological polar surface area (TPSA) is 15.3 Å². The second-order valence-electron chi connectivity index (χ2n) is 4.53. The first-order chi connectivity index (χ1) is 6.77. The summed E-state index contributed by atoms with van der Waals surface area (Å²) in [6.45, 7) is 11.9. The molecule has 0 saturated carbocycles. The van der Waals surface area contributed by atoms with Gasteiger partial charge in [0.2, 0.25) is 0 Å². The van der Waals surface area contributed by atoms with E-state index in [0.717, 1.165) is 12.0 Å². The third kappa shape index (κ3) is 3.58. The Bertz CT molecular complexity index is 141. The lowest BCUT2D eigenvalue weighted by molar-refractivity contribution is 0.201. The van der Waals surface area contributed by atoms with Crippen LogP contribution in [0.25, 0.3) is 0 Å². The second kappa shape index (κ2) is 6.41. The fourth-order valence-electron chi connectivity index (χ4n) is 2.26. The highest BCUT2D eigenvalue weighted by atomic mass is 15.1. The van der Waals surface area contributed by atoms with Gasteiger partial charge in [0, 0.05) is 6.04 Å². The van der Waals surface area contributed by atoms with Crippen LogP contribution < -0.4 is 5.32 Å². The minimum Gasteiger partial charge on any atom is -0.316 e. The quantitative estimate of drug-likeness (QED) is 0.703. The van der Waals surface area contributed by atoms with Crippen molar-refractivity contribution in [3.8, 4) is 0 Å². The molecular weight excluding hydrogens is 172 g/mol. The Hall–Kier alpha value is -0.0800. The lowest BCUT2D eigenvalue weighted by atomic mass is 10.0. The first kappa shape index (κ1) is 12.0. The van der Waals surface area contributed by atoms with Gasteiger partial charge in [0.05, 0.1) is 0 Å². The normalized spacial score (nSPS) is 24.4. The van der Waals surface area contributed by atoms with Crippen molar-refractivity contribution in [1.82, 2.24) is 10.2 Å². The van der Waals surface area contributed by atoms with Crippen molar-refractivity contribution in [2.75, 3.05) is 26.2 Å². The van der Waals surface area contributed by atoms with E-state index in [1.165, 1.54) is 45.4 Å². The van der Waals surface area contributed by atoms with Gasteiger partial charge in [-0.2, -0.15) is 0 Å². The Labute approximate surface area is 89.1 Å². The van der Waals surface area contributed by atoms with Crippen molar-refractivity contribution in [1.29, 1.82) is 0 Å². The third-order valence-corrected chi connectivity index (χ3v) is 3.61. The maximum atomic E-state index is 3.44. The summed E-state index contributed by atoms with van der Waals surface area (Å²) >= 11 is 0. The number of nitrogens with zero attached hydrogens (tertiary/aromatic N) is 1. The molecule has 0 aromatic rings. The van der Waals surface area contributed by atoms with Crippen molar-refractivity contribution in [3.63, 3.8) is 0 Å². The lowest BCUT2D eigenvalue weighted by Crippen LogP contribution is -2.34. The summed E-state index contributed by atoms with van der Waals surface area (Å²) in [6.07, 6.45) is 4.04. The molecule has 0 aromatic heterocycles. The molecule has 1 heterocycles. The fourth-order valence-corrected chi connectivity index (χ4v) is 2.26. The summed E-state index contributed by atoms with van der Waals surface area (Å²) in [5, 5.41) is 3.44. The molecule has 14 heavy (non-hydrogen) atoms. The van der Waals surface area contributed by atoms with Gasteiger partial charge >= 0.3 is 0 Å². The van der Waals surface area contributed by atoms with Crippen molar-refractivity contribution in [2.45, 2.75) is 46.1 Å². The van der Waals surface area contributed by atoms with E-state index in [1.54, 1.807) is 0 Å². The van der Waals surface area contributed by atoms with Crippen LogP contribution in [0.4, 0.5) is 0 Å². The number of hydrogen-bond donors (Lipinski definition) is 1. The zero-order valence-corrected chi connectivity index (χ0v) is 10.1. The zero-order valence-electron chi connectivity index (χ0n) is 10.1. The Morgan fingerprint density at radius 3 is 2.71 bits per heavy atom. The molecule has 84 valence electrons. The summed E-state index contributed by atoms with van der Waals surface area (Å²) in [4.78, 5) is 2.61. The summed E-state index contributed by atoms with van der Waals surface area (Å²) < 4.78 is 0. The molecule has 1 saturated heterocycles. The van der Waals surface area contributed by atoms with Crippen LogP contribution in [0.5, 0.6) is 0 Å². The number of rotatable bonds is 6. The van der Waals surface area contributed by atoms with E-state index in [9.17, 15) is 0 Å². The van der Waals surface area contributed by atoms with Gasteiger partial charge < -0.3 is 10.2 Å². The molecule has 2 atom stereocenters. The van der Waals surface area contributed by atoms with Gasteiger partial charge in [0.25, 0.3) is 0 Å². The lowest BCUT2D eigenvalue weighted by Gasteiger charge is -2.27. The summed E-state index contributed by atoms with van der Waals surface area (Å²) in [5.74, 6) is 0.938. The first-order valence-electron chi connectivity index (χ1n) is 6.22. The number of nitrogens with one attached hydrogen (secondary N) is 1. The molecule has 0 aliphatic carbocycles. The molecule has 0 amide bonds. The van der Waals surface area contributed by atoms with E-state index in [1.807, 2.05) is 0 Å². The monoisotopic (exact) mass is 198 g/mol. The predicted molar refractivity (Wildman–Crippen MR) is 62.6 cm³/mol. The van der Waals surface area contributed by atoms with Gasteiger partial charge in [0.1, 0.15) is 0 Å². The molecule has 1 rings (SSSR count). The van der Waals surface area contributed by atoms with Gasteiger partial charge in [-0.1, -0.05) is 13.8 Å². The Kier molecular flexibility index (Phi) is 5.49. The van der Waals surface area contributed by atoms with Gasteiger partial charge in [-0.25, -0.2) is 0 Å². The van der Waals surface area contributed by atoms with Crippen LogP contribution in [0.2, 0.25) is 0 Å². The van der Waals surface area contributed by atoms with Crippen LogP contribution in [-0.2, 0) is 0 Å². The van der Waals surface area contributed by atoms with E-state index in [4.69, 9.17) is 0 Å². The van der Waals surface area contributed by atoms with Crippen LogP contribution in [0.1, 0.15) is 40.0 Å². The standard InChI is InChI=1S/C12H26N2/c1-4-11(3)14(5-2)9-7-12-6-8-13-10-12/h11-13H,4-10H2,1-3H3. The highest BCUT2D eigenvalue weighted by Crippen LogP contribution is 2.14. The molecular formula is C12H26N2. The molecule has 1 N–H and O–H groups in total. The average molecular weight is 198 g/mol. The summed E-state index contributed by atoms with van der Waals surface area (Å²) in [7, 11) is 0. The van der Waals surface area contributed by atoms with Crippen molar-refractivity contribution >= 4 is 0 Å². The van der Waals surface area contributed by atoms with Gasteiger partial charge in [-0.05, 0) is 58.3 Å². The molecule has 2 heteroatoms. The Balaban J connectivity index is 2.19. The molecule has 0 aromatic carbocycles. The maximum Gasteiger partial charge on any atom is 0.00641 e. The minimum absolute atomic E-state index is 0.759. The Morgan fingerprint density at radius 2 is 2.21 bits per heavy atom. The van der Waals surface area contributed by atoms with E-state index in [-0.39, 0.29) is 0 Å². The van der Waals surface area contributed by atoms with Crippen molar-refractivity contribution < 1.29 is 0 Å². The molecule has 0 spiro atoms. The third-order valence-electron chi connectivity index (χ3n) is 3.61. The molecule has 0 bridgehead atoms. The van der Waals surface area contributed by atoms with Gasteiger partial charge in [-0.15, -0.1) is 0 Å². The van der Waals surface area contributed by atoms with Crippen LogP contribution in [0.3, 0.4) is 0 Å². The van der Waals surface area contributed by atoms with E-state index in [2.05, 4.69) is 31.0 Å². The molecule has 2 unspecified atom stereocenters. The van der Waals surface area contributed by atoms with Crippen LogP contribution in [0, 0.1) is 5.92 Å². The molecule has 1 fully saturated rings. The van der Waals surface area contributed by atoms with Crippen LogP contribution in [-0.4, -0.2) is 37.1 Å². The van der Waals surface area contributed by atoms with Crippen LogP contribution in [0.15, 0.2) is 0 Å². The number of hydrogen-bond acceptors (Lipinski definition) is 2. The predicted octanol–water partition coefficient (Wildman–Crippen LogP) is 2.11. The van der Waals surface area contributed by atoms with Crippen molar-refractivity contribution in [3.05, 3.63) is 0 Å². The molecule has 1 aliphatic heterocycles. The zero-order chi connectivity index (χ0) is 10.4. The van der Waals surface area contributed by atoms with E-state index in [0.29, 0.717) is 0 Å². The van der Waals surface area contributed by atoms with E-state index >= 15 is 0 Å². The Morgan fingerprint density at radius 1 is 1.43 bits per heavy atom. The van der Waals surface area contributed by atoms with Gasteiger partial charge in [-0.3, -0.25) is 0 Å². The summed E-state index contributed by atoms with van der Waals surface area (Å²) in [6, 6.07) is 0.759. The first-order valence-corrected chi connectivity index (χ1v) is 6.22. The molecule has 2 nitrogen and oxygen atoms in total. The fraction of sp³-hybridized carbons (Fsp3) is 1.00. The largest absolute Gasteiger partial charge is 0.316 e. The van der Waals surface area contributed by atoms with E-state index < -0.39 is 0 Å². The smallest absolute Gasteiger partial charge is 0.00641 e. The summed E-state index contributed by atoms with van der Waals surface area (Å²) in [5.41, 5.74) is 0. The minimum atomic E-state index is 0.759. The molecule has 1 aliphatic rings. The molecule has 0 radical (unpaired) electrons. The highest BCUT2D eigenvalue weighted by Gasteiger charge is 2.16. The van der Waals surface area contributed by atoms with Crippen LogP contribution >= 0.6 is 0 Å². The highest BCUT2D eigenvalue weighted by molar-refractivity contribution is 4.73.